The number of hydrogen-bond donors (Lipinski definition) is 2. The molecule has 0 aromatic heterocycles. The van der Waals surface area contributed by atoms with Crippen LogP contribution in [0.5, 0.6) is 0 Å². The highest BCUT2D eigenvalue weighted by Crippen LogP contribution is 2.17. The van der Waals surface area contributed by atoms with Crippen molar-refractivity contribution in [2.75, 3.05) is 10.6 Å². The second-order valence-electron chi connectivity index (χ2n) is 4.38. The first kappa shape index (κ1) is 13.5. The van der Waals surface area contributed by atoms with E-state index in [0.29, 0.717) is 10.8 Å². The zero-order valence-electron chi connectivity index (χ0n) is 10.8. The van der Waals surface area contributed by atoms with E-state index in [2.05, 4.69) is 10.6 Å². The van der Waals surface area contributed by atoms with Gasteiger partial charge in [-0.25, -0.2) is 4.39 Å². The SMILES string of the molecule is Cc1ccc(NC(=S)Nc2ccccc2C)c(F)c1. The van der Waals surface area contributed by atoms with Crippen LogP contribution >= 0.6 is 12.2 Å². The number of hydrogen-bond acceptors (Lipinski definition) is 1. The average molecular weight is 274 g/mol. The molecule has 0 unspecified atom stereocenters. The van der Waals surface area contributed by atoms with Crippen molar-refractivity contribution in [2.24, 2.45) is 0 Å². The molecule has 0 bridgehead atoms. The van der Waals surface area contributed by atoms with Crippen molar-refractivity contribution < 1.29 is 4.39 Å². The van der Waals surface area contributed by atoms with Crippen molar-refractivity contribution in [3.05, 3.63) is 59.4 Å². The Balaban J connectivity index is 2.08. The third kappa shape index (κ3) is 3.51. The molecule has 2 aromatic carbocycles. The molecule has 2 N–H and O–H groups in total. The molecule has 0 aliphatic rings. The molecule has 0 saturated heterocycles. The molecule has 2 rings (SSSR count). The number of benzene rings is 2. The van der Waals surface area contributed by atoms with Crippen molar-refractivity contribution in [3.63, 3.8) is 0 Å². The molecule has 0 aliphatic heterocycles. The number of thiocarbonyl (C=S) groups is 1. The van der Waals surface area contributed by atoms with Crippen LogP contribution in [0.4, 0.5) is 15.8 Å². The van der Waals surface area contributed by atoms with Gasteiger partial charge in [0, 0.05) is 5.69 Å². The van der Waals surface area contributed by atoms with E-state index in [1.807, 2.05) is 44.2 Å². The number of anilines is 2. The summed E-state index contributed by atoms with van der Waals surface area (Å²) < 4.78 is 13.7. The standard InChI is InChI=1S/C15H15FN2S/c1-10-7-8-14(12(16)9-10)18-15(19)17-13-6-4-3-5-11(13)2/h3-9H,1-2H3,(H2,17,18,19). The molecular weight excluding hydrogens is 259 g/mol. The lowest BCUT2D eigenvalue weighted by molar-refractivity contribution is 0.631. The second kappa shape index (κ2) is 5.80. The van der Waals surface area contributed by atoms with E-state index in [4.69, 9.17) is 12.2 Å². The third-order valence-electron chi connectivity index (χ3n) is 2.77. The first-order valence-corrected chi connectivity index (χ1v) is 6.37. The van der Waals surface area contributed by atoms with E-state index < -0.39 is 0 Å². The minimum Gasteiger partial charge on any atom is -0.332 e. The van der Waals surface area contributed by atoms with E-state index in [9.17, 15) is 4.39 Å². The Labute approximate surface area is 117 Å². The molecule has 0 spiro atoms. The summed E-state index contributed by atoms with van der Waals surface area (Å²) in [5, 5.41) is 6.28. The van der Waals surface area contributed by atoms with Crippen molar-refractivity contribution in [1.29, 1.82) is 0 Å². The first-order valence-electron chi connectivity index (χ1n) is 5.96. The molecule has 2 nitrogen and oxygen atoms in total. The highest BCUT2D eigenvalue weighted by atomic mass is 32.1. The Morgan fingerprint density at radius 3 is 2.37 bits per heavy atom. The van der Waals surface area contributed by atoms with Gasteiger partial charge < -0.3 is 10.6 Å². The molecule has 0 amide bonds. The van der Waals surface area contributed by atoms with Crippen LogP contribution in [-0.2, 0) is 0 Å². The van der Waals surface area contributed by atoms with Crippen LogP contribution in [0.1, 0.15) is 11.1 Å². The van der Waals surface area contributed by atoms with Crippen molar-refractivity contribution in [3.8, 4) is 0 Å². The Morgan fingerprint density at radius 2 is 1.68 bits per heavy atom. The van der Waals surface area contributed by atoms with Gasteiger partial charge >= 0.3 is 0 Å². The van der Waals surface area contributed by atoms with Gasteiger partial charge in [-0.15, -0.1) is 0 Å². The summed E-state index contributed by atoms with van der Waals surface area (Å²) in [6.07, 6.45) is 0. The maximum atomic E-state index is 13.7. The molecule has 2 aromatic rings. The fourth-order valence-corrected chi connectivity index (χ4v) is 1.93. The van der Waals surface area contributed by atoms with E-state index in [-0.39, 0.29) is 5.82 Å². The summed E-state index contributed by atoms with van der Waals surface area (Å²) in [7, 11) is 0. The lowest BCUT2D eigenvalue weighted by atomic mass is 10.2. The van der Waals surface area contributed by atoms with Crippen LogP contribution in [0.15, 0.2) is 42.5 Å². The van der Waals surface area contributed by atoms with Crippen molar-refractivity contribution in [2.45, 2.75) is 13.8 Å². The van der Waals surface area contributed by atoms with Gasteiger partial charge in [0.15, 0.2) is 5.11 Å². The summed E-state index contributed by atoms with van der Waals surface area (Å²) in [6.45, 7) is 3.83. The molecule has 0 saturated carbocycles. The van der Waals surface area contributed by atoms with Crippen molar-refractivity contribution in [1.82, 2.24) is 0 Å². The van der Waals surface area contributed by atoms with Crippen LogP contribution in [-0.4, -0.2) is 5.11 Å². The molecular formula is C15H15FN2S. The monoisotopic (exact) mass is 274 g/mol. The number of para-hydroxylation sites is 1. The Morgan fingerprint density at radius 1 is 1.00 bits per heavy atom. The minimum atomic E-state index is -0.311. The van der Waals surface area contributed by atoms with Crippen molar-refractivity contribution >= 4 is 28.7 Å². The Bertz CT molecular complexity index is 611. The van der Waals surface area contributed by atoms with Gasteiger partial charge in [-0.1, -0.05) is 24.3 Å². The van der Waals surface area contributed by atoms with Gasteiger partial charge in [0.1, 0.15) is 5.82 Å². The molecule has 0 radical (unpaired) electrons. The van der Waals surface area contributed by atoms with Crippen LogP contribution in [0.2, 0.25) is 0 Å². The largest absolute Gasteiger partial charge is 0.332 e. The predicted octanol–water partition coefficient (Wildman–Crippen LogP) is 4.25. The normalized spacial score (nSPS) is 10.1. The topological polar surface area (TPSA) is 24.1 Å². The quantitative estimate of drug-likeness (QED) is 0.800. The highest BCUT2D eigenvalue weighted by Gasteiger charge is 2.05. The van der Waals surface area contributed by atoms with E-state index >= 15 is 0 Å². The highest BCUT2D eigenvalue weighted by molar-refractivity contribution is 7.80. The number of halogens is 1. The lowest BCUT2D eigenvalue weighted by Gasteiger charge is -2.13. The first-order chi connectivity index (χ1) is 9.06. The van der Waals surface area contributed by atoms with Crippen LogP contribution in [0.25, 0.3) is 0 Å². The Hall–Kier alpha value is -1.94. The van der Waals surface area contributed by atoms with Crippen LogP contribution < -0.4 is 10.6 Å². The van der Waals surface area contributed by atoms with Crippen LogP contribution in [0, 0.1) is 19.7 Å². The number of nitrogens with one attached hydrogen (secondary N) is 2. The minimum absolute atomic E-state index is 0.311. The van der Waals surface area contributed by atoms with Gasteiger partial charge in [-0.05, 0) is 55.4 Å². The molecule has 0 fully saturated rings. The molecule has 4 heteroatoms. The zero-order chi connectivity index (χ0) is 13.8. The average Bonchev–Trinajstić information content (AvgIpc) is 2.36. The maximum absolute atomic E-state index is 13.7. The summed E-state index contributed by atoms with van der Waals surface area (Å²) in [5.74, 6) is -0.311. The predicted molar refractivity (Wildman–Crippen MR) is 82.2 cm³/mol. The summed E-state index contributed by atoms with van der Waals surface area (Å²) in [5.41, 5.74) is 3.24. The van der Waals surface area contributed by atoms with E-state index in [1.54, 1.807) is 6.07 Å². The van der Waals surface area contributed by atoms with Gasteiger partial charge in [0.05, 0.1) is 5.69 Å². The second-order valence-corrected chi connectivity index (χ2v) is 4.79. The van der Waals surface area contributed by atoms with Gasteiger partial charge in [-0.3, -0.25) is 0 Å². The molecule has 98 valence electrons. The van der Waals surface area contributed by atoms with Gasteiger partial charge in [0.2, 0.25) is 0 Å². The molecule has 0 heterocycles. The lowest BCUT2D eigenvalue weighted by Crippen LogP contribution is -2.20. The summed E-state index contributed by atoms with van der Waals surface area (Å²) in [4.78, 5) is 0. The molecule has 0 atom stereocenters. The maximum Gasteiger partial charge on any atom is 0.175 e. The van der Waals surface area contributed by atoms with E-state index in [1.165, 1.54) is 6.07 Å². The molecule has 19 heavy (non-hydrogen) atoms. The number of aryl methyl sites for hydroxylation is 2. The fourth-order valence-electron chi connectivity index (χ4n) is 1.71. The van der Waals surface area contributed by atoms with E-state index in [0.717, 1.165) is 16.8 Å². The fraction of sp³-hybridized carbons (Fsp3) is 0.133. The Kier molecular flexibility index (Phi) is 4.12. The zero-order valence-corrected chi connectivity index (χ0v) is 11.6. The number of rotatable bonds is 2. The summed E-state index contributed by atoms with van der Waals surface area (Å²) >= 11 is 5.18. The van der Waals surface area contributed by atoms with Gasteiger partial charge in [-0.2, -0.15) is 0 Å². The summed E-state index contributed by atoms with van der Waals surface area (Å²) in [6, 6.07) is 12.8. The third-order valence-corrected chi connectivity index (χ3v) is 2.97. The molecule has 0 aliphatic carbocycles. The van der Waals surface area contributed by atoms with Crippen LogP contribution in [0.3, 0.4) is 0 Å². The van der Waals surface area contributed by atoms with Gasteiger partial charge in [0.25, 0.3) is 0 Å². The smallest absolute Gasteiger partial charge is 0.175 e.